The third-order valence-corrected chi connectivity index (χ3v) is 3.63. The van der Waals surface area contributed by atoms with Crippen LogP contribution in [0.1, 0.15) is 24.8 Å². The highest BCUT2D eigenvalue weighted by Crippen LogP contribution is 2.30. The smallest absolute Gasteiger partial charge is 0.388 e. The average molecular weight is 335 g/mol. The second-order valence-electron chi connectivity index (χ2n) is 5.31. The van der Waals surface area contributed by atoms with Crippen molar-refractivity contribution in [1.29, 1.82) is 0 Å². The van der Waals surface area contributed by atoms with Crippen LogP contribution in [0.25, 0.3) is 0 Å². The topological polar surface area (TPSA) is 63.2 Å². The molecule has 2 N–H and O–H groups in total. The molecular formula is C14H17F4N3O2. The number of nitrogens with one attached hydrogen (secondary N) is 2. The lowest BCUT2D eigenvalue weighted by atomic mass is 10.1. The Morgan fingerprint density at radius 3 is 2.78 bits per heavy atom. The number of carbonyl (C=O) groups excluding carboxylic acids is 1. The number of hydrogen-bond acceptors (Lipinski definition) is 3. The first-order valence-corrected chi connectivity index (χ1v) is 7.16. The molecule has 1 saturated carbocycles. The molecule has 0 radical (unpaired) electrons. The molecule has 9 heteroatoms. The Hall–Kier alpha value is -2.06. The molecule has 1 aliphatic rings. The molecule has 128 valence electrons. The molecule has 1 heterocycles. The van der Waals surface area contributed by atoms with Gasteiger partial charge in [-0.2, -0.15) is 8.78 Å². The monoisotopic (exact) mass is 335 g/mol. The van der Waals surface area contributed by atoms with E-state index in [4.69, 9.17) is 0 Å². The van der Waals surface area contributed by atoms with E-state index in [0.29, 0.717) is 18.4 Å². The summed E-state index contributed by atoms with van der Waals surface area (Å²) in [5.74, 6) is -0.912. The predicted molar refractivity (Wildman–Crippen MR) is 73.4 cm³/mol. The molecule has 1 aromatic rings. The van der Waals surface area contributed by atoms with Crippen molar-refractivity contribution in [1.82, 2.24) is 15.6 Å². The Morgan fingerprint density at radius 2 is 2.13 bits per heavy atom. The molecule has 5 nitrogen and oxygen atoms in total. The lowest BCUT2D eigenvalue weighted by molar-refractivity contribution is -0.0529. The minimum absolute atomic E-state index is 0.0823. The molecular weight excluding hydrogens is 318 g/mol. The van der Waals surface area contributed by atoms with Crippen molar-refractivity contribution in [2.45, 2.75) is 44.9 Å². The fraction of sp³-hybridized carbons (Fsp3) is 0.571. The van der Waals surface area contributed by atoms with Crippen LogP contribution in [0.15, 0.2) is 18.3 Å². The molecule has 1 aliphatic carbocycles. The quantitative estimate of drug-likeness (QED) is 0.786. The van der Waals surface area contributed by atoms with E-state index in [1.165, 1.54) is 12.3 Å². The molecule has 0 aromatic carbocycles. The van der Waals surface area contributed by atoms with Gasteiger partial charge in [0.2, 0.25) is 12.3 Å². The highest BCUT2D eigenvalue weighted by molar-refractivity contribution is 5.74. The van der Waals surface area contributed by atoms with Crippen LogP contribution in [-0.2, 0) is 6.54 Å². The molecule has 0 spiro atoms. The number of pyridine rings is 1. The first-order chi connectivity index (χ1) is 10.9. The lowest BCUT2D eigenvalue weighted by Crippen LogP contribution is -2.40. The number of carbonyl (C=O) groups is 1. The van der Waals surface area contributed by atoms with E-state index in [1.807, 2.05) is 0 Å². The standard InChI is InChI=1S/C14H17F4N3O2/c15-12(16)9-1-2-10(6-9)21-14(22)20-7-8-3-4-19-11(5-8)23-13(17)18/h3-5,9-10,12-13H,1-2,6-7H2,(H2,20,21,22)/t9-,10+/m0/s1. The number of hydrogen-bond donors (Lipinski definition) is 2. The Kier molecular flexibility index (Phi) is 6.00. The van der Waals surface area contributed by atoms with Crippen LogP contribution in [0.3, 0.4) is 0 Å². The zero-order valence-corrected chi connectivity index (χ0v) is 12.1. The number of ether oxygens (including phenoxy) is 1. The second-order valence-corrected chi connectivity index (χ2v) is 5.31. The summed E-state index contributed by atoms with van der Waals surface area (Å²) >= 11 is 0. The number of nitrogens with zero attached hydrogens (tertiary/aromatic N) is 1. The van der Waals surface area contributed by atoms with Crippen LogP contribution in [-0.4, -0.2) is 30.1 Å². The number of aromatic nitrogens is 1. The normalized spacial score (nSPS) is 20.8. The molecule has 0 bridgehead atoms. The van der Waals surface area contributed by atoms with E-state index in [-0.39, 0.29) is 24.9 Å². The van der Waals surface area contributed by atoms with E-state index in [2.05, 4.69) is 20.4 Å². The maximum absolute atomic E-state index is 12.5. The van der Waals surface area contributed by atoms with Gasteiger partial charge in [-0.3, -0.25) is 0 Å². The summed E-state index contributed by atoms with van der Waals surface area (Å²) < 4.78 is 53.4. The van der Waals surface area contributed by atoms with Crippen molar-refractivity contribution >= 4 is 6.03 Å². The van der Waals surface area contributed by atoms with Crippen molar-refractivity contribution in [3.63, 3.8) is 0 Å². The predicted octanol–water partition coefficient (Wildman–Crippen LogP) is 2.92. The average Bonchev–Trinajstić information content (AvgIpc) is 2.93. The van der Waals surface area contributed by atoms with Crippen molar-refractivity contribution in [2.24, 2.45) is 5.92 Å². The molecule has 0 aliphatic heterocycles. The third kappa shape index (κ3) is 5.57. The molecule has 0 saturated heterocycles. The molecule has 2 amide bonds. The number of alkyl halides is 4. The Labute approximate surface area is 130 Å². The number of rotatable bonds is 6. The maximum atomic E-state index is 12.5. The Balaban J connectivity index is 1.76. The van der Waals surface area contributed by atoms with E-state index in [1.54, 1.807) is 6.07 Å². The Morgan fingerprint density at radius 1 is 1.35 bits per heavy atom. The van der Waals surface area contributed by atoms with Crippen molar-refractivity contribution < 1.29 is 27.1 Å². The molecule has 1 aromatic heterocycles. The van der Waals surface area contributed by atoms with Gasteiger partial charge in [-0.25, -0.2) is 18.6 Å². The summed E-state index contributed by atoms with van der Waals surface area (Å²) in [5, 5.41) is 5.17. The van der Waals surface area contributed by atoms with Crippen LogP contribution >= 0.6 is 0 Å². The van der Waals surface area contributed by atoms with Crippen LogP contribution in [0.2, 0.25) is 0 Å². The molecule has 23 heavy (non-hydrogen) atoms. The van der Waals surface area contributed by atoms with Gasteiger partial charge in [0.25, 0.3) is 0 Å². The van der Waals surface area contributed by atoms with Crippen LogP contribution in [0.5, 0.6) is 5.88 Å². The van der Waals surface area contributed by atoms with Crippen LogP contribution in [0.4, 0.5) is 22.4 Å². The van der Waals surface area contributed by atoms with E-state index in [9.17, 15) is 22.4 Å². The maximum Gasteiger partial charge on any atom is 0.388 e. The number of halogens is 4. The fourth-order valence-electron chi connectivity index (χ4n) is 2.51. The van der Waals surface area contributed by atoms with Gasteiger partial charge in [0.05, 0.1) is 0 Å². The lowest BCUT2D eigenvalue weighted by Gasteiger charge is -2.14. The summed E-state index contributed by atoms with van der Waals surface area (Å²) in [6, 6.07) is 2.07. The van der Waals surface area contributed by atoms with Crippen LogP contribution < -0.4 is 15.4 Å². The van der Waals surface area contributed by atoms with Crippen LogP contribution in [0, 0.1) is 5.92 Å². The summed E-state index contributed by atoms with van der Waals surface area (Å²) in [7, 11) is 0. The molecule has 2 atom stereocenters. The Bertz CT molecular complexity index is 530. The van der Waals surface area contributed by atoms with Gasteiger partial charge < -0.3 is 15.4 Å². The zero-order chi connectivity index (χ0) is 16.8. The molecule has 2 rings (SSSR count). The molecule has 0 unspecified atom stereocenters. The van der Waals surface area contributed by atoms with E-state index in [0.717, 1.165) is 0 Å². The minimum Gasteiger partial charge on any atom is -0.417 e. The van der Waals surface area contributed by atoms with E-state index >= 15 is 0 Å². The first-order valence-electron chi connectivity index (χ1n) is 7.16. The highest BCUT2D eigenvalue weighted by atomic mass is 19.3. The van der Waals surface area contributed by atoms with Crippen molar-refractivity contribution in [3.8, 4) is 5.88 Å². The van der Waals surface area contributed by atoms with Gasteiger partial charge in [0.15, 0.2) is 0 Å². The largest absolute Gasteiger partial charge is 0.417 e. The summed E-state index contributed by atoms with van der Waals surface area (Å²) in [5.41, 5.74) is 0.530. The van der Waals surface area contributed by atoms with Gasteiger partial charge in [-0.1, -0.05) is 0 Å². The van der Waals surface area contributed by atoms with Gasteiger partial charge in [0.1, 0.15) is 0 Å². The highest BCUT2D eigenvalue weighted by Gasteiger charge is 2.31. The summed E-state index contributed by atoms with van der Waals surface area (Å²) in [6.07, 6.45) is 0.0875. The number of amides is 2. The number of urea groups is 1. The minimum atomic E-state index is -2.97. The summed E-state index contributed by atoms with van der Waals surface area (Å²) in [4.78, 5) is 15.3. The fourth-order valence-corrected chi connectivity index (χ4v) is 2.51. The van der Waals surface area contributed by atoms with Crippen molar-refractivity contribution in [2.75, 3.05) is 0 Å². The van der Waals surface area contributed by atoms with Gasteiger partial charge in [-0.15, -0.1) is 0 Å². The molecule has 1 fully saturated rings. The SMILES string of the molecule is O=C(NCc1ccnc(OC(F)F)c1)N[C@@H]1CC[C@H](C(F)F)C1. The van der Waals surface area contributed by atoms with Gasteiger partial charge in [0, 0.05) is 30.8 Å². The van der Waals surface area contributed by atoms with Crippen molar-refractivity contribution in [3.05, 3.63) is 23.9 Å². The zero-order valence-electron chi connectivity index (χ0n) is 12.1. The van der Waals surface area contributed by atoms with Gasteiger partial charge in [-0.05, 0) is 30.9 Å². The van der Waals surface area contributed by atoms with Gasteiger partial charge >= 0.3 is 12.6 Å². The third-order valence-electron chi connectivity index (χ3n) is 3.63. The first kappa shape index (κ1) is 17.3. The van der Waals surface area contributed by atoms with E-state index < -0.39 is 25.0 Å². The second kappa shape index (κ2) is 7.98. The summed E-state index contributed by atoms with van der Waals surface area (Å²) in [6.45, 7) is -2.89.